The lowest BCUT2D eigenvalue weighted by molar-refractivity contribution is 0.0677. The highest BCUT2D eigenvalue weighted by atomic mass is 79.9. The molecule has 130 valence electrons. The maximum absolute atomic E-state index is 12.9. The Morgan fingerprint density at radius 1 is 1.12 bits per heavy atom. The Labute approximate surface area is 158 Å². The third-order valence-electron chi connectivity index (χ3n) is 4.32. The van der Waals surface area contributed by atoms with Crippen molar-refractivity contribution in [2.45, 2.75) is 12.5 Å². The predicted molar refractivity (Wildman–Crippen MR) is 101 cm³/mol. The molecular formula is C20H15BrN2O3. The topological polar surface area (TPSA) is 66.0 Å². The van der Waals surface area contributed by atoms with Gasteiger partial charge in [0.25, 0.3) is 0 Å². The van der Waals surface area contributed by atoms with Gasteiger partial charge in [0.1, 0.15) is 5.75 Å². The molecule has 1 atom stereocenters. The minimum absolute atomic E-state index is 0.141. The fraction of sp³-hybridized carbons (Fsp3) is 0.100. The van der Waals surface area contributed by atoms with Gasteiger partial charge in [-0.1, -0.05) is 46.3 Å². The molecule has 2 aromatic carbocycles. The van der Waals surface area contributed by atoms with Gasteiger partial charge in [0.15, 0.2) is 5.76 Å². The summed E-state index contributed by atoms with van der Waals surface area (Å²) >= 11 is 3.42. The third kappa shape index (κ3) is 3.04. The van der Waals surface area contributed by atoms with Crippen LogP contribution in [0, 0.1) is 0 Å². The van der Waals surface area contributed by atoms with Gasteiger partial charge in [0.05, 0.1) is 18.0 Å². The molecule has 0 spiro atoms. The molecule has 0 fully saturated rings. The summed E-state index contributed by atoms with van der Waals surface area (Å²) in [7, 11) is 0. The maximum atomic E-state index is 12.9. The Kier molecular flexibility index (Phi) is 4.34. The second kappa shape index (κ2) is 6.80. The molecule has 5 nitrogen and oxygen atoms in total. The van der Waals surface area contributed by atoms with Gasteiger partial charge in [-0.05, 0) is 35.9 Å². The monoisotopic (exact) mass is 410 g/mol. The molecule has 4 rings (SSSR count). The highest BCUT2D eigenvalue weighted by Gasteiger charge is 2.35. The molecule has 0 aliphatic carbocycles. The van der Waals surface area contributed by atoms with E-state index in [4.69, 9.17) is 4.42 Å². The van der Waals surface area contributed by atoms with Gasteiger partial charge in [-0.3, -0.25) is 4.79 Å². The first-order valence-corrected chi connectivity index (χ1v) is 8.91. The number of hydrazone groups is 1. The Morgan fingerprint density at radius 2 is 1.88 bits per heavy atom. The molecule has 0 saturated heterocycles. The number of phenols is 1. The molecule has 3 aromatic rings. The standard InChI is InChI=1S/C20H15BrN2O3/c21-14-9-7-13(8-10-14)16-12-17(15-4-1-2-5-18(15)24)23(22-16)20(25)19-6-3-11-26-19/h1-11,17,24H,12H2. The van der Waals surface area contributed by atoms with Crippen molar-refractivity contribution in [2.24, 2.45) is 5.10 Å². The first kappa shape index (κ1) is 16.6. The van der Waals surface area contributed by atoms with Crippen LogP contribution in [0.3, 0.4) is 0 Å². The van der Waals surface area contributed by atoms with Crippen LogP contribution in [0.1, 0.15) is 34.1 Å². The van der Waals surface area contributed by atoms with E-state index in [1.165, 1.54) is 11.3 Å². The van der Waals surface area contributed by atoms with Crippen LogP contribution in [0.2, 0.25) is 0 Å². The molecule has 1 aliphatic rings. The van der Waals surface area contributed by atoms with Crippen molar-refractivity contribution >= 4 is 27.5 Å². The van der Waals surface area contributed by atoms with Crippen LogP contribution in [0.25, 0.3) is 0 Å². The molecular weight excluding hydrogens is 396 g/mol. The van der Waals surface area contributed by atoms with Crippen molar-refractivity contribution in [3.05, 3.63) is 88.3 Å². The molecule has 0 radical (unpaired) electrons. The normalized spacial score (nSPS) is 16.6. The average molecular weight is 411 g/mol. The second-order valence-electron chi connectivity index (χ2n) is 5.96. The van der Waals surface area contributed by atoms with Crippen LogP contribution in [0.4, 0.5) is 0 Å². The first-order valence-electron chi connectivity index (χ1n) is 8.12. The fourth-order valence-electron chi connectivity index (χ4n) is 3.04. The lowest BCUT2D eigenvalue weighted by Crippen LogP contribution is -2.26. The summed E-state index contributed by atoms with van der Waals surface area (Å²) in [6.07, 6.45) is 1.96. The van der Waals surface area contributed by atoms with Gasteiger partial charge in [-0.15, -0.1) is 0 Å². The number of benzene rings is 2. The number of halogens is 1. The number of nitrogens with zero attached hydrogens (tertiary/aromatic N) is 2. The average Bonchev–Trinajstić information content (AvgIpc) is 3.32. The number of hydrogen-bond donors (Lipinski definition) is 1. The molecule has 2 heterocycles. The zero-order valence-corrected chi connectivity index (χ0v) is 15.3. The van der Waals surface area contributed by atoms with Crippen LogP contribution in [0.15, 0.2) is 80.9 Å². The lowest BCUT2D eigenvalue weighted by atomic mass is 9.97. The Morgan fingerprint density at radius 3 is 2.58 bits per heavy atom. The molecule has 0 saturated carbocycles. The number of furan rings is 1. The summed E-state index contributed by atoms with van der Waals surface area (Å²) in [5.74, 6) is 0.0172. The Balaban J connectivity index is 1.75. The fourth-order valence-corrected chi connectivity index (χ4v) is 3.30. The van der Waals surface area contributed by atoms with Crippen molar-refractivity contribution in [1.29, 1.82) is 0 Å². The van der Waals surface area contributed by atoms with Crippen molar-refractivity contribution in [3.63, 3.8) is 0 Å². The van der Waals surface area contributed by atoms with Crippen LogP contribution >= 0.6 is 15.9 Å². The van der Waals surface area contributed by atoms with Crippen molar-refractivity contribution in [1.82, 2.24) is 5.01 Å². The van der Waals surface area contributed by atoms with E-state index in [2.05, 4.69) is 21.0 Å². The first-order chi connectivity index (χ1) is 12.6. The quantitative estimate of drug-likeness (QED) is 0.677. The summed E-state index contributed by atoms with van der Waals surface area (Å²) in [5, 5.41) is 16.2. The molecule has 1 aliphatic heterocycles. The third-order valence-corrected chi connectivity index (χ3v) is 4.85. The molecule has 1 unspecified atom stereocenters. The zero-order valence-electron chi connectivity index (χ0n) is 13.7. The Hall–Kier alpha value is -2.86. The largest absolute Gasteiger partial charge is 0.508 e. The van der Waals surface area contributed by atoms with Gasteiger partial charge in [0, 0.05) is 16.5 Å². The number of amides is 1. The minimum Gasteiger partial charge on any atom is -0.508 e. The van der Waals surface area contributed by atoms with Crippen molar-refractivity contribution in [2.75, 3.05) is 0 Å². The molecule has 1 amide bonds. The second-order valence-corrected chi connectivity index (χ2v) is 6.88. The zero-order chi connectivity index (χ0) is 18.1. The van der Waals surface area contributed by atoms with E-state index in [0.29, 0.717) is 12.0 Å². The summed E-state index contributed by atoms with van der Waals surface area (Å²) in [5.41, 5.74) is 2.37. The van der Waals surface area contributed by atoms with Gasteiger partial charge in [0.2, 0.25) is 0 Å². The molecule has 26 heavy (non-hydrogen) atoms. The van der Waals surface area contributed by atoms with E-state index in [9.17, 15) is 9.90 Å². The summed E-state index contributed by atoms with van der Waals surface area (Å²) < 4.78 is 6.22. The highest BCUT2D eigenvalue weighted by molar-refractivity contribution is 9.10. The number of rotatable bonds is 3. The number of para-hydroxylation sites is 1. The number of carbonyl (C=O) groups is 1. The van der Waals surface area contributed by atoms with E-state index in [1.54, 1.807) is 24.3 Å². The number of aromatic hydroxyl groups is 1. The number of carbonyl (C=O) groups excluding carboxylic acids is 1. The molecule has 1 aromatic heterocycles. The molecule has 1 N–H and O–H groups in total. The Bertz CT molecular complexity index is 965. The van der Waals surface area contributed by atoms with E-state index in [1.807, 2.05) is 36.4 Å². The van der Waals surface area contributed by atoms with Crippen LogP contribution in [-0.4, -0.2) is 21.7 Å². The van der Waals surface area contributed by atoms with Crippen molar-refractivity contribution < 1.29 is 14.3 Å². The van der Waals surface area contributed by atoms with Crippen LogP contribution in [-0.2, 0) is 0 Å². The molecule has 6 heteroatoms. The van der Waals surface area contributed by atoms with E-state index >= 15 is 0 Å². The summed E-state index contributed by atoms with van der Waals surface area (Å²) in [6, 6.07) is 17.7. The number of hydrogen-bond acceptors (Lipinski definition) is 4. The van der Waals surface area contributed by atoms with E-state index in [-0.39, 0.29) is 17.4 Å². The molecule has 0 bridgehead atoms. The van der Waals surface area contributed by atoms with Crippen LogP contribution in [0.5, 0.6) is 5.75 Å². The van der Waals surface area contributed by atoms with Crippen LogP contribution < -0.4 is 0 Å². The number of phenolic OH excluding ortho intramolecular Hbond substituents is 1. The predicted octanol–water partition coefficient (Wildman–Crippen LogP) is 4.74. The van der Waals surface area contributed by atoms with Gasteiger partial charge >= 0.3 is 5.91 Å². The highest BCUT2D eigenvalue weighted by Crippen LogP contribution is 2.37. The SMILES string of the molecule is O=C(c1ccco1)N1N=C(c2ccc(Br)cc2)CC1c1ccccc1O. The minimum atomic E-state index is -0.396. The summed E-state index contributed by atoms with van der Waals surface area (Å²) in [4.78, 5) is 12.9. The van der Waals surface area contributed by atoms with Gasteiger partial charge < -0.3 is 9.52 Å². The van der Waals surface area contributed by atoms with Gasteiger partial charge in [-0.2, -0.15) is 5.10 Å². The lowest BCUT2D eigenvalue weighted by Gasteiger charge is -2.21. The smallest absolute Gasteiger partial charge is 0.310 e. The summed E-state index contributed by atoms with van der Waals surface area (Å²) in [6.45, 7) is 0. The van der Waals surface area contributed by atoms with Crippen molar-refractivity contribution in [3.8, 4) is 5.75 Å². The van der Waals surface area contributed by atoms with E-state index in [0.717, 1.165) is 15.7 Å². The maximum Gasteiger partial charge on any atom is 0.310 e. The van der Waals surface area contributed by atoms with Gasteiger partial charge in [-0.25, -0.2) is 5.01 Å². The van der Waals surface area contributed by atoms with E-state index < -0.39 is 6.04 Å².